The third-order valence-corrected chi connectivity index (χ3v) is 3.82. The first-order chi connectivity index (χ1) is 8.80. The Morgan fingerprint density at radius 1 is 1.16 bits per heavy atom. The van der Waals surface area contributed by atoms with Crippen molar-refractivity contribution in [1.29, 1.82) is 0 Å². The molecule has 0 aliphatic heterocycles. The van der Waals surface area contributed by atoms with Gasteiger partial charge in [-0.25, -0.2) is 0 Å². The average Bonchev–Trinajstić information content (AvgIpc) is 2.39. The van der Waals surface area contributed by atoms with Crippen molar-refractivity contribution in [3.05, 3.63) is 29.8 Å². The fraction of sp³-hybridized carbons (Fsp3) is 0.625. The molecule has 3 nitrogen and oxygen atoms in total. The smallest absolute Gasteiger partial charge is 0.119 e. The summed E-state index contributed by atoms with van der Waals surface area (Å²) in [7, 11) is 0. The average molecular weight is 265 g/mol. The highest BCUT2D eigenvalue weighted by atomic mass is 16.5. The van der Waals surface area contributed by atoms with Gasteiger partial charge in [-0.2, -0.15) is 0 Å². The molecule has 0 saturated carbocycles. The van der Waals surface area contributed by atoms with Crippen molar-refractivity contribution in [1.82, 2.24) is 0 Å². The summed E-state index contributed by atoms with van der Waals surface area (Å²) >= 11 is 0. The minimum Gasteiger partial charge on any atom is -0.494 e. The highest BCUT2D eigenvalue weighted by molar-refractivity contribution is 5.31. The van der Waals surface area contributed by atoms with Crippen LogP contribution in [0.2, 0.25) is 0 Å². The lowest BCUT2D eigenvalue weighted by Crippen LogP contribution is -2.41. The normalized spacial score (nSPS) is 15.1. The molecule has 0 bridgehead atoms. The van der Waals surface area contributed by atoms with Crippen molar-refractivity contribution in [2.24, 2.45) is 5.73 Å². The minimum absolute atomic E-state index is 0.0278. The van der Waals surface area contributed by atoms with Crippen LogP contribution in [0.1, 0.15) is 46.1 Å². The molecule has 0 spiro atoms. The summed E-state index contributed by atoms with van der Waals surface area (Å²) in [5.41, 5.74) is 6.80. The zero-order valence-electron chi connectivity index (χ0n) is 12.6. The molecule has 0 fully saturated rings. The number of aliphatic hydroxyl groups excluding tert-OH is 1. The van der Waals surface area contributed by atoms with Gasteiger partial charge in [0, 0.05) is 12.0 Å². The molecular weight excluding hydrogens is 238 g/mol. The Morgan fingerprint density at radius 3 is 2.21 bits per heavy atom. The van der Waals surface area contributed by atoms with Gasteiger partial charge in [0.15, 0.2) is 0 Å². The number of benzene rings is 1. The van der Waals surface area contributed by atoms with Crippen LogP contribution in [0.25, 0.3) is 0 Å². The Kier molecular flexibility index (Phi) is 5.39. The van der Waals surface area contributed by atoms with Gasteiger partial charge in [0.25, 0.3) is 0 Å². The van der Waals surface area contributed by atoms with Crippen molar-refractivity contribution >= 4 is 0 Å². The first-order valence-electron chi connectivity index (χ1n) is 6.94. The largest absolute Gasteiger partial charge is 0.494 e. The molecule has 1 atom stereocenters. The molecule has 0 aliphatic rings. The van der Waals surface area contributed by atoms with Gasteiger partial charge in [-0.3, -0.25) is 0 Å². The molecule has 3 heteroatoms. The molecule has 0 amide bonds. The maximum Gasteiger partial charge on any atom is 0.119 e. The van der Waals surface area contributed by atoms with Gasteiger partial charge in [0.05, 0.1) is 13.2 Å². The number of ether oxygens (including phenoxy) is 1. The van der Waals surface area contributed by atoms with E-state index in [0.717, 1.165) is 12.2 Å². The van der Waals surface area contributed by atoms with Crippen LogP contribution in [0, 0.1) is 0 Å². The standard InChI is InChI=1S/C16H27NO2/c1-5-15(2,3)13-6-8-14(9-7-13)19-11-10-16(4,17)12-18/h6-9,18H,5,10-12,17H2,1-4H3. The Morgan fingerprint density at radius 2 is 1.74 bits per heavy atom. The van der Waals surface area contributed by atoms with Crippen LogP contribution in [0.3, 0.4) is 0 Å². The summed E-state index contributed by atoms with van der Waals surface area (Å²) in [4.78, 5) is 0. The van der Waals surface area contributed by atoms with E-state index in [0.29, 0.717) is 13.0 Å². The Balaban J connectivity index is 2.54. The van der Waals surface area contributed by atoms with Crippen LogP contribution >= 0.6 is 0 Å². The van der Waals surface area contributed by atoms with Gasteiger partial charge in [0.1, 0.15) is 5.75 Å². The lowest BCUT2D eigenvalue weighted by atomic mass is 9.82. The predicted octanol–water partition coefficient (Wildman–Crippen LogP) is 2.85. The van der Waals surface area contributed by atoms with Crippen LogP contribution in [0.5, 0.6) is 5.75 Å². The molecule has 0 saturated heterocycles. The summed E-state index contributed by atoms with van der Waals surface area (Å²) < 4.78 is 5.65. The highest BCUT2D eigenvalue weighted by Crippen LogP contribution is 2.28. The van der Waals surface area contributed by atoms with Gasteiger partial charge in [-0.05, 0) is 36.5 Å². The van der Waals surface area contributed by atoms with Crippen LogP contribution < -0.4 is 10.5 Å². The van der Waals surface area contributed by atoms with Crippen LogP contribution in [-0.4, -0.2) is 23.9 Å². The predicted molar refractivity (Wildman–Crippen MR) is 79.5 cm³/mol. The summed E-state index contributed by atoms with van der Waals surface area (Å²) in [6.45, 7) is 8.99. The van der Waals surface area contributed by atoms with Crippen LogP contribution in [0.4, 0.5) is 0 Å². The van der Waals surface area contributed by atoms with E-state index in [4.69, 9.17) is 15.6 Å². The van der Waals surface area contributed by atoms with E-state index in [-0.39, 0.29) is 12.0 Å². The molecule has 1 aromatic rings. The Hall–Kier alpha value is -1.06. The quantitative estimate of drug-likeness (QED) is 0.797. The Bertz CT molecular complexity index is 382. The topological polar surface area (TPSA) is 55.5 Å². The second kappa shape index (κ2) is 6.40. The molecule has 1 unspecified atom stereocenters. The summed E-state index contributed by atoms with van der Waals surface area (Å²) in [5, 5.41) is 9.06. The van der Waals surface area contributed by atoms with Crippen molar-refractivity contribution in [3.8, 4) is 5.75 Å². The van der Waals surface area contributed by atoms with E-state index in [2.05, 4.69) is 32.9 Å². The Labute approximate surface area is 116 Å². The molecule has 0 heterocycles. The maximum absolute atomic E-state index is 9.06. The lowest BCUT2D eigenvalue weighted by Gasteiger charge is -2.24. The summed E-state index contributed by atoms with van der Waals surface area (Å²) in [5.74, 6) is 0.851. The molecule has 19 heavy (non-hydrogen) atoms. The van der Waals surface area contributed by atoms with E-state index in [9.17, 15) is 0 Å². The van der Waals surface area contributed by atoms with Gasteiger partial charge < -0.3 is 15.6 Å². The van der Waals surface area contributed by atoms with Crippen LogP contribution in [-0.2, 0) is 5.41 Å². The molecule has 0 aromatic heterocycles. The molecular formula is C16H27NO2. The minimum atomic E-state index is -0.565. The van der Waals surface area contributed by atoms with E-state index >= 15 is 0 Å². The van der Waals surface area contributed by atoms with Crippen LogP contribution in [0.15, 0.2) is 24.3 Å². The summed E-state index contributed by atoms with van der Waals surface area (Å²) in [6.07, 6.45) is 1.74. The highest BCUT2D eigenvalue weighted by Gasteiger charge is 2.18. The van der Waals surface area contributed by atoms with Crippen molar-refractivity contribution < 1.29 is 9.84 Å². The first-order valence-corrected chi connectivity index (χ1v) is 6.94. The number of hydrogen-bond acceptors (Lipinski definition) is 3. The zero-order chi connectivity index (χ0) is 14.5. The van der Waals surface area contributed by atoms with Gasteiger partial charge in [0.2, 0.25) is 0 Å². The van der Waals surface area contributed by atoms with Crippen molar-refractivity contribution in [3.63, 3.8) is 0 Å². The molecule has 1 aromatic carbocycles. The fourth-order valence-electron chi connectivity index (χ4n) is 1.69. The van der Waals surface area contributed by atoms with E-state index in [1.54, 1.807) is 0 Å². The molecule has 0 radical (unpaired) electrons. The number of hydrogen-bond donors (Lipinski definition) is 2. The molecule has 108 valence electrons. The van der Waals surface area contributed by atoms with E-state index < -0.39 is 5.54 Å². The fourth-order valence-corrected chi connectivity index (χ4v) is 1.69. The second-order valence-electron chi connectivity index (χ2n) is 6.17. The van der Waals surface area contributed by atoms with Gasteiger partial charge in [-0.15, -0.1) is 0 Å². The van der Waals surface area contributed by atoms with Gasteiger partial charge in [-0.1, -0.05) is 32.9 Å². The SMILES string of the molecule is CCC(C)(C)c1ccc(OCCC(C)(N)CO)cc1. The third-order valence-electron chi connectivity index (χ3n) is 3.82. The first kappa shape index (κ1) is 16.0. The third kappa shape index (κ3) is 4.84. The molecule has 1 rings (SSSR count). The lowest BCUT2D eigenvalue weighted by molar-refractivity contribution is 0.175. The van der Waals surface area contributed by atoms with Gasteiger partial charge >= 0.3 is 0 Å². The van der Waals surface area contributed by atoms with Crippen molar-refractivity contribution in [2.45, 2.75) is 51.5 Å². The van der Waals surface area contributed by atoms with Crippen molar-refractivity contribution in [2.75, 3.05) is 13.2 Å². The zero-order valence-corrected chi connectivity index (χ0v) is 12.6. The molecule has 0 aliphatic carbocycles. The molecule has 3 N–H and O–H groups in total. The monoisotopic (exact) mass is 265 g/mol. The summed E-state index contributed by atoms with van der Waals surface area (Å²) in [6, 6.07) is 8.23. The number of aliphatic hydroxyl groups is 1. The van der Waals surface area contributed by atoms with E-state index in [1.165, 1.54) is 5.56 Å². The second-order valence-corrected chi connectivity index (χ2v) is 6.17. The van der Waals surface area contributed by atoms with E-state index in [1.807, 2.05) is 19.1 Å². The maximum atomic E-state index is 9.06. The number of rotatable bonds is 7. The number of nitrogens with two attached hydrogens (primary N) is 1.